The van der Waals surface area contributed by atoms with Crippen molar-refractivity contribution in [1.29, 1.82) is 0 Å². The number of morpholine rings is 1. The number of amides is 1. The lowest BCUT2D eigenvalue weighted by Crippen LogP contribution is -2.43. The Morgan fingerprint density at radius 1 is 1.31 bits per heavy atom. The summed E-state index contributed by atoms with van der Waals surface area (Å²) in [6.07, 6.45) is 0. The van der Waals surface area contributed by atoms with Crippen molar-refractivity contribution in [3.8, 4) is 0 Å². The molecule has 1 aromatic carbocycles. The van der Waals surface area contributed by atoms with Crippen molar-refractivity contribution >= 4 is 47.7 Å². The van der Waals surface area contributed by atoms with Gasteiger partial charge in [0.15, 0.2) is 0 Å². The maximum absolute atomic E-state index is 12.6. The van der Waals surface area contributed by atoms with Crippen molar-refractivity contribution in [2.75, 3.05) is 38.6 Å². The Kier molecular flexibility index (Phi) is 9.39. The van der Waals surface area contributed by atoms with Crippen molar-refractivity contribution in [2.24, 2.45) is 0 Å². The fourth-order valence-electron chi connectivity index (χ4n) is 2.95. The summed E-state index contributed by atoms with van der Waals surface area (Å²) in [6.45, 7) is 5.75. The van der Waals surface area contributed by atoms with Crippen molar-refractivity contribution in [3.63, 3.8) is 0 Å². The first-order chi connectivity index (χ1) is 11.6. The summed E-state index contributed by atoms with van der Waals surface area (Å²) in [5.74, 6) is -0.0744. The van der Waals surface area contributed by atoms with Crippen LogP contribution in [0.2, 0.25) is 0 Å². The SMILES string of the molecule is Cc1ccc(N)cc1C(=O)NCC(c1cccs1)N1CCOCC1.Cl.Cl. The number of rotatable bonds is 5. The topological polar surface area (TPSA) is 67.6 Å². The molecule has 1 amide bonds. The Labute approximate surface area is 170 Å². The molecule has 1 aromatic heterocycles. The number of nitrogens with two attached hydrogens (primary N) is 1. The molecule has 1 saturated heterocycles. The van der Waals surface area contributed by atoms with Crippen molar-refractivity contribution in [3.05, 3.63) is 51.7 Å². The molecular weight excluding hydrogens is 393 g/mol. The molecule has 0 radical (unpaired) electrons. The van der Waals surface area contributed by atoms with E-state index in [-0.39, 0.29) is 36.8 Å². The van der Waals surface area contributed by atoms with Gasteiger partial charge in [0, 0.05) is 35.8 Å². The van der Waals surface area contributed by atoms with Gasteiger partial charge in [0.05, 0.1) is 19.3 Å². The van der Waals surface area contributed by atoms with E-state index in [0.717, 1.165) is 31.9 Å². The summed E-state index contributed by atoms with van der Waals surface area (Å²) in [7, 11) is 0. The molecular formula is C18H25Cl2N3O2S. The Morgan fingerprint density at radius 3 is 2.69 bits per heavy atom. The maximum atomic E-state index is 12.6. The van der Waals surface area contributed by atoms with E-state index in [9.17, 15) is 4.79 Å². The highest BCUT2D eigenvalue weighted by Crippen LogP contribution is 2.25. The fraction of sp³-hybridized carbons (Fsp3) is 0.389. The first-order valence-electron chi connectivity index (χ1n) is 8.14. The second-order valence-corrected chi connectivity index (χ2v) is 6.94. The molecule has 1 aliphatic heterocycles. The van der Waals surface area contributed by atoms with Crippen LogP contribution in [0.5, 0.6) is 0 Å². The zero-order valence-corrected chi connectivity index (χ0v) is 17.1. The lowest BCUT2D eigenvalue weighted by atomic mass is 10.1. The van der Waals surface area contributed by atoms with E-state index in [1.54, 1.807) is 17.4 Å². The van der Waals surface area contributed by atoms with Gasteiger partial charge in [0.1, 0.15) is 0 Å². The van der Waals surface area contributed by atoms with Crippen LogP contribution in [-0.4, -0.2) is 43.7 Å². The minimum Gasteiger partial charge on any atom is -0.399 e. The molecule has 1 unspecified atom stereocenters. The van der Waals surface area contributed by atoms with Gasteiger partial charge in [-0.15, -0.1) is 36.2 Å². The molecule has 2 heterocycles. The van der Waals surface area contributed by atoms with Gasteiger partial charge in [0.25, 0.3) is 5.91 Å². The Balaban J connectivity index is 0.00000169. The van der Waals surface area contributed by atoms with Crippen LogP contribution >= 0.6 is 36.2 Å². The van der Waals surface area contributed by atoms with Crippen LogP contribution in [0.3, 0.4) is 0 Å². The third-order valence-corrected chi connectivity index (χ3v) is 5.29. The third-order valence-electron chi connectivity index (χ3n) is 4.32. The summed E-state index contributed by atoms with van der Waals surface area (Å²) in [4.78, 5) is 16.2. The van der Waals surface area contributed by atoms with Gasteiger partial charge in [-0.25, -0.2) is 0 Å². The van der Waals surface area contributed by atoms with Crippen LogP contribution in [0.15, 0.2) is 35.7 Å². The summed E-state index contributed by atoms with van der Waals surface area (Å²) >= 11 is 1.72. The molecule has 5 nitrogen and oxygen atoms in total. The molecule has 0 aliphatic carbocycles. The minimum atomic E-state index is -0.0744. The zero-order valence-electron chi connectivity index (χ0n) is 14.6. The highest BCUT2D eigenvalue weighted by Gasteiger charge is 2.24. The molecule has 1 aliphatic rings. The number of thiophene rings is 1. The van der Waals surface area contributed by atoms with Gasteiger partial charge in [0.2, 0.25) is 0 Å². The number of nitrogen functional groups attached to an aromatic ring is 1. The molecule has 0 saturated carbocycles. The maximum Gasteiger partial charge on any atom is 0.251 e. The molecule has 0 spiro atoms. The number of hydrogen-bond acceptors (Lipinski definition) is 5. The first kappa shape index (κ1) is 22.7. The molecule has 3 rings (SSSR count). The van der Waals surface area contributed by atoms with Crippen molar-refractivity contribution in [2.45, 2.75) is 13.0 Å². The lowest BCUT2D eigenvalue weighted by molar-refractivity contribution is 0.0169. The third kappa shape index (κ3) is 5.59. The Hall–Kier alpha value is -1.31. The van der Waals surface area contributed by atoms with Crippen LogP contribution in [0.1, 0.15) is 26.8 Å². The molecule has 144 valence electrons. The molecule has 2 aromatic rings. The van der Waals surface area contributed by atoms with Crippen LogP contribution in [-0.2, 0) is 4.74 Å². The number of hydrogen-bond donors (Lipinski definition) is 2. The van der Waals surface area contributed by atoms with E-state index in [0.29, 0.717) is 17.8 Å². The van der Waals surface area contributed by atoms with Gasteiger partial charge in [-0.05, 0) is 36.1 Å². The molecule has 3 N–H and O–H groups in total. The van der Waals surface area contributed by atoms with E-state index < -0.39 is 0 Å². The van der Waals surface area contributed by atoms with Gasteiger partial charge in [-0.1, -0.05) is 12.1 Å². The van der Waals surface area contributed by atoms with E-state index in [2.05, 4.69) is 27.7 Å². The number of anilines is 1. The van der Waals surface area contributed by atoms with Crippen LogP contribution in [0.25, 0.3) is 0 Å². The van der Waals surface area contributed by atoms with E-state index in [1.165, 1.54) is 4.88 Å². The number of nitrogens with one attached hydrogen (secondary N) is 1. The Bertz CT molecular complexity index is 692. The molecule has 1 fully saturated rings. The minimum absolute atomic E-state index is 0. The number of carbonyl (C=O) groups excluding carboxylic acids is 1. The zero-order chi connectivity index (χ0) is 16.9. The summed E-state index contributed by atoms with van der Waals surface area (Å²) in [5, 5.41) is 5.16. The highest BCUT2D eigenvalue weighted by molar-refractivity contribution is 7.10. The van der Waals surface area contributed by atoms with Crippen LogP contribution in [0, 0.1) is 6.92 Å². The predicted molar refractivity (Wildman–Crippen MR) is 112 cm³/mol. The number of benzene rings is 1. The summed E-state index contributed by atoms with van der Waals surface area (Å²) < 4.78 is 5.45. The molecule has 26 heavy (non-hydrogen) atoms. The van der Waals surface area contributed by atoms with Gasteiger partial charge < -0.3 is 15.8 Å². The Morgan fingerprint density at radius 2 is 2.04 bits per heavy atom. The number of halogens is 2. The predicted octanol–water partition coefficient (Wildman–Crippen LogP) is 3.29. The molecule has 1 atom stereocenters. The number of ether oxygens (including phenoxy) is 1. The van der Waals surface area contributed by atoms with Gasteiger partial charge in [-0.2, -0.15) is 0 Å². The van der Waals surface area contributed by atoms with Crippen molar-refractivity contribution in [1.82, 2.24) is 10.2 Å². The smallest absolute Gasteiger partial charge is 0.251 e. The van der Waals surface area contributed by atoms with Gasteiger partial charge in [-0.3, -0.25) is 9.69 Å². The van der Waals surface area contributed by atoms with Gasteiger partial charge >= 0.3 is 0 Å². The normalized spacial score (nSPS) is 15.4. The van der Waals surface area contributed by atoms with E-state index in [1.807, 2.05) is 19.1 Å². The quantitative estimate of drug-likeness (QED) is 0.732. The largest absolute Gasteiger partial charge is 0.399 e. The lowest BCUT2D eigenvalue weighted by Gasteiger charge is -2.34. The number of carbonyl (C=O) groups is 1. The van der Waals surface area contributed by atoms with Crippen LogP contribution in [0.4, 0.5) is 5.69 Å². The monoisotopic (exact) mass is 417 g/mol. The highest BCUT2D eigenvalue weighted by atomic mass is 35.5. The molecule has 0 bridgehead atoms. The average molecular weight is 418 g/mol. The number of nitrogens with zero attached hydrogens (tertiary/aromatic N) is 1. The second kappa shape index (κ2) is 10.7. The second-order valence-electron chi connectivity index (χ2n) is 5.96. The first-order valence-corrected chi connectivity index (χ1v) is 9.02. The average Bonchev–Trinajstić information content (AvgIpc) is 3.12. The summed E-state index contributed by atoms with van der Waals surface area (Å²) in [6, 6.07) is 9.79. The van der Waals surface area contributed by atoms with E-state index in [4.69, 9.17) is 10.5 Å². The standard InChI is InChI=1S/C18H23N3O2S.2ClH/c1-13-4-5-14(19)11-15(13)18(22)20-12-16(17-3-2-10-24-17)21-6-8-23-9-7-21;;/h2-5,10-11,16H,6-9,12,19H2,1H3,(H,20,22);2*1H. The number of aryl methyl sites for hydroxylation is 1. The van der Waals surface area contributed by atoms with Crippen LogP contribution < -0.4 is 11.1 Å². The summed E-state index contributed by atoms with van der Waals surface area (Å²) in [5.41, 5.74) is 7.99. The fourth-order valence-corrected chi connectivity index (χ4v) is 3.81. The molecule has 8 heteroatoms. The van der Waals surface area contributed by atoms with E-state index >= 15 is 0 Å². The van der Waals surface area contributed by atoms with Crippen molar-refractivity contribution < 1.29 is 9.53 Å².